The van der Waals surface area contributed by atoms with E-state index in [0.717, 1.165) is 48.1 Å². The number of sulfonamides is 1. The SMILES string of the molecule is Cc1cc(Nc2cc3ncccc3c(N[C@H]3C[C@H]4CCC[C@@H](C3)N4S(=O)(=O)c3cncc(F)c3)n2)n[nH]1. The number of anilines is 3. The van der Waals surface area contributed by atoms with Gasteiger partial charge in [0, 0.05) is 53.7 Å². The molecular weight excluding hydrogens is 495 g/mol. The third-order valence-corrected chi connectivity index (χ3v) is 9.04. The number of halogens is 1. The molecule has 37 heavy (non-hydrogen) atoms. The van der Waals surface area contributed by atoms with Crippen LogP contribution in [0.2, 0.25) is 0 Å². The Kier molecular flexibility index (Phi) is 6.00. The lowest BCUT2D eigenvalue weighted by atomic mass is 9.84. The monoisotopic (exact) mass is 522 g/mol. The molecule has 3 N–H and O–H groups in total. The molecule has 10 nitrogen and oxygen atoms in total. The van der Waals surface area contributed by atoms with E-state index in [1.165, 1.54) is 6.20 Å². The summed E-state index contributed by atoms with van der Waals surface area (Å²) < 4.78 is 42.3. The molecule has 2 saturated heterocycles. The Morgan fingerprint density at radius 2 is 1.92 bits per heavy atom. The van der Waals surface area contributed by atoms with Gasteiger partial charge in [-0.3, -0.25) is 15.1 Å². The molecule has 0 amide bonds. The van der Waals surface area contributed by atoms with Crippen molar-refractivity contribution in [2.24, 2.45) is 0 Å². The summed E-state index contributed by atoms with van der Waals surface area (Å²) >= 11 is 0. The lowest BCUT2D eigenvalue weighted by Crippen LogP contribution is -2.56. The molecule has 0 aliphatic carbocycles. The molecule has 0 spiro atoms. The van der Waals surface area contributed by atoms with E-state index in [9.17, 15) is 12.8 Å². The fraction of sp³-hybridized carbons (Fsp3) is 0.360. The molecule has 4 aromatic heterocycles. The molecule has 192 valence electrons. The van der Waals surface area contributed by atoms with Crippen molar-refractivity contribution in [3.05, 3.63) is 60.4 Å². The Balaban J connectivity index is 1.28. The number of nitrogens with zero attached hydrogens (tertiary/aromatic N) is 5. The van der Waals surface area contributed by atoms with Gasteiger partial charge < -0.3 is 10.6 Å². The van der Waals surface area contributed by atoms with Gasteiger partial charge in [0.15, 0.2) is 5.82 Å². The first kappa shape index (κ1) is 23.7. The minimum Gasteiger partial charge on any atom is -0.367 e. The summed E-state index contributed by atoms with van der Waals surface area (Å²) in [6.45, 7) is 1.93. The van der Waals surface area contributed by atoms with E-state index in [1.807, 2.05) is 31.2 Å². The molecule has 0 radical (unpaired) electrons. The maximum absolute atomic E-state index is 13.8. The van der Waals surface area contributed by atoms with Gasteiger partial charge in [-0.15, -0.1) is 0 Å². The van der Waals surface area contributed by atoms with Crippen LogP contribution in [-0.4, -0.2) is 56.0 Å². The second-order valence-corrected chi connectivity index (χ2v) is 11.6. The van der Waals surface area contributed by atoms with Crippen molar-refractivity contribution in [1.82, 2.24) is 29.5 Å². The average molecular weight is 523 g/mol. The van der Waals surface area contributed by atoms with Crippen molar-refractivity contribution < 1.29 is 12.8 Å². The van der Waals surface area contributed by atoms with Crippen LogP contribution >= 0.6 is 0 Å². The van der Waals surface area contributed by atoms with E-state index in [-0.39, 0.29) is 23.0 Å². The first-order chi connectivity index (χ1) is 17.9. The zero-order valence-corrected chi connectivity index (χ0v) is 21.0. The van der Waals surface area contributed by atoms with E-state index in [4.69, 9.17) is 4.98 Å². The maximum atomic E-state index is 13.8. The molecule has 2 aliphatic heterocycles. The number of nitrogens with one attached hydrogen (secondary N) is 3. The van der Waals surface area contributed by atoms with Gasteiger partial charge in [-0.2, -0.15) is 9.40 Å². The van der Waals surface area contributed by atoms with E-state index in [2.05, 4.69) is 30.8 Å². The Hall–Kier alpha value is -3.64. The topological polar surface area (TPSA) is 129 Å². The number of aromatic amines is 1. The molecule has 0 unspecified atom stereocenters. The van der Waals surface area contributed by atoms with E-state index in [0.29, 0.717) is 30.3 Å². The third kappa shape index (κ3) is 4.62. The molecule has 6 heterocycles. The zero-order chi connectivity index (χ0) is 25.6. The Bertz CT molecular complexity index is 1550. The summed E-state index contributed by atoms with van der Waals surface area (Å²) in [4.78, 5) is 13.0. The molecule has 0 saturated carbocycles. The van der Waals surface area contributed by atoms with Crippen molar-refractivity contribution in [2.75, 3.05) is 10.6 Å². The first-order valence-corrected chi connectivity index (χ1v) is 13.8. The highest BCUT2D eigenvalue weighted by atomic mass is 32.2. The van der Waals surface area contributed by atoms with Gasteiger partial charge in [-0.05, 0) is 50.8 Å². The fourth-order valence-electron chi connectivity index (χ4n) is 5.56. The van der Waals surface area contributed by atoms with E-state index < -0.39 is 15.8 Å². The lowest BCUT2D eigenvalue weighted by Gasteiger charge is -2.47. The summed E-state index contributed by atoms with van der Waals surface area (Å²) in [5.41, 5.74) is 1.72. The highest BCUT2D eigenvalue weighted by molar-refractivity contribution is 7.89. The largest absolute Gasteiger partial charge is 0.367 e. The predicted molar refractivity (Wildman–Crippen MR) is 137 cm³/mol. The van der Waals surface area contributed by atoms with Crippen LogP contribution in [0.1, 0.15) is 37.8 Å². The van der Waals surface area contributed by atoms with Gasteiger partial charge >= 0.3 is 0 Å². The van der Waals surface area contributed by atoms with Gasteiger partial charge in [0.1, 0.15) is 22.3 Å². The second-order valence-electron chi connectivity index (χ2n) is 9.71. The fourth-order valence-corrected chi connectivity index (χ4v) is 7.43. The first-order valence-electron chi connectivity index (χ1n) is 12.3. The molecule has 0 aromatic carbocycles. The highest BCUT2D eigenvalue weighted by Gasteiger charge is 2.45. The summed E-state index contributed by atoms with van der Waals surface area (Å²) in [6, 6.07) is 8.31. The number of H-pyrrole nitrogens is 1. The second kappa shape index (κ2) is 9.34. The van der Waals surface area contributed by atoms with Gasteiger partial charge in [0.2, 0.25) is 10.0 Å². The van der Waals surface area contributed by atoms with Crippen molar-refractivity contribution in [3.8, 4) is 0 Å². The van der Waals surface area contributed by atoms with Crippen LogP contribution < -0.4 is 10.6 Å². The minimum atomic E-state index is -3.86. The maximum Gasteiger partial charge on any atom is 0.245 e. The molecule has 2 aliphatic rings. The van der Waals surface area contributed by atoms with Gasteiger partial charge in [0.05, 0.1) is 11.7 Å². The van der Waals surface area contributed by atoms with Crippen molar-refractivity contribution in [1.29, 1.82) is 0 Å². The number of pyridine rings is 3. The summed E-state index contributed by atoms with van der Waals surface area (Å²) in [5.74, 6) is 1.30. The van der Waals surface area contributed by atoms with Crippen molar-refractivity contribution in [3.63, 3.8) is 0 Å². The highest BCUT2D eigenvalue weighted by Crippen LogP contribution is 2.39. The van der Waals surface area contributed by atoms with Gasteiger partial charge in [-0.1, -0.05) is 6.42 Å². The van der Waals surface area contributed by atoms with Crippen LogP contribution in [-0.2, 0) is 10.0 Å². The zero-order valence-electron chi connectivity index (χ0n) is 20.2. The van der Waals surface area contributed by atoms with Crippen LogP contribution in [0.4, 0.5) is 21.8 Å². The molecule has 6 rings (SSSR count). The van der Waals surface area contributed by atoms with Crippen molar-refractivity contribution >= 4 is 38.4 Å². The Labute approximate surface area is 213 Å². The Morgan fingerprint density at radius 3 is 2.65 bits per heavy atom. The number of aromatic nitrogens is 5. The third-order valence-electron chi connectivity index (χ3n) is 7.07. The van der Waals surface area contributed by atoms with Gasteiger partial charge in [-0.25, -0.2) is 17.8 Å². The summed E-state index contributed by atoms with van der Waals surface area (Å²) in [5, 5.41) is 14.8. The van der Waals surface area contributed by atoms with Gasteiger partial charge in [0.25, 0.3) is 0 Å². The number of fused-ring (bicyclic) bond motifs is 3. The van der Waals surface area contributed by atoms with Crippen LogP contribution in [0, 0.1) is 12.7 Å². The molecule has 4 aromatic rings. The van der Waals surface area contributed by atoms with E-state index >= 15 is 0 Å². The molecule has 2 bridgehead atoms. The van der Waals surface area contributed by atoms with E-state index in [1.54, 1.807) is 10.5 Å². The predicted octanol–water partition coefficient (Wildman–Crippen LogP) is 4.13. The van der Waals surface area contributed by atoms with Crippen LogP contribution in [0.25, 0.3) is 10.9 Å². The van der Waals surface area contributed by atoms with Crippen molar-refractivity contribution in [2.45, 2.75) is 62.0 Å². The number of piperidine rings is 2. The number of aryl methyl sites for hydroxylation is 1. The van der Waals surface area contributed by atoms with Crippen LogP contribution in [0.15, 0.2) is 53.8 Å². The number of rotatable bonds is 6. The molecule has 3 atom stereocenters. The summed E-state index contributed by atoms with van der Waals surface area (Å²) in [6.07, 6.45) is 7.70. The quantitative estimate of drug-likeness (QED) is 0.345. The van der Waals surface area contributed by atoms with Crippen LogP contribution in [0.5, 0.6) is 0 Å². The lowest BCUT2D eigenvalue weighted by molar-refractivity contribution is 0.116. The smallest absolute Gasteiger partial charge is 0.245 e. The summed E-state index contributed by atoms with van der Waals surface area (Å²) in [7, 11) is -3.86. The molecule has 12 heteroatoms. The molecule has 2 fully saturated rings. The van der Waals surface area contributed by atoms with Crippen LogP contribution in [0.3, 0.4) is 0 Å². The minimum absolute atomic E-state index is 0.0196. The Morgan fingerprint density at radius 1 is 1.11 bits per heavy atom. The average Bonchev–Trinajstić information content (AvgIpc) is 3.27. The number of hydrogen-bond acceptors (Lipinski definition) is 8. The standard InChI is InChI=1S/C25H27FN8O2S/c1-15-8-24(33-32-15)30-23-12-22-21(6-3-7-28-22)25(31-23)29-17-10-18-4-2-5-19(11-17)34(18)37(35,36)20-9-16(26)13-27-14-20/h3,6-9,12-14,17-19H,2,4-5,10-11H2,1H3,(H3,29,30,31,32,33)/t17-,18+,19-. The number of hydrogen-bond donors (Lipinski definition) is 3. The molecular formula is C25H27FN8O2S. The normalized spacial score (nSPS) is 22.2.